The zero-order valence-corrected chi connectivity index (χ0v) is 12.3. The first kappa shape index (κ1) is 9.60. The summed E-state index contributed by atoms with van der Waals surface area (Å²) in [6, 6.07) is 0. The fourth-order valence-corrected chi connectivity index (χ4v) is 2.03. The number of aliphatic hydroxyl groups excluding tert-OH is 1. The van der Waals surface area contributed by atoms with E-state index >= 15 is 0 Å². The second kappa shape index (κ2) is 17.7. The zero-order chi connectivity index (χ0) is 20.1. The Labute approximate surface area is 131 Å². The van der Waals surface area contributed by atoms with Crippen molar-refractivity contribution in [3.8, 4) is 0 Å². The van der Waals surface area contributed by atoms with E-state index in [2.05, 4.69) is 12.2 Å². The van der Waals surface area contributed by atoms with Gasteiger partial charge in [0.1, 0.15) is 0 Å². The molecule has 0 bridgehead atoms. The first-order valence-corrected chi connectivity index (χ1v) is 7.82. The minimum atomic E-state index is -2.95. The van der Waals surface area contributed by atoms with E-state index in [0.29, 0.717) is 13.0 Å². The summed E-state index contributed by atoms with van der Waals surface area (Å²) in [6.07, 6.45) is 10.1. The molecule has 1 N–H and O–H groups in total. The second-order valence-electron chi connectivity index (χ2n) is 5.01. The van der Waals surface area contributed by atoms with E-state index in [1.807, 2.05) is 0 Å². The number of unbranched alkanes of at least 4 members (excludes halogenated alkanes) is 9. The maximum absolute atomic E-state index is 8.68. The molecule has 0 spiro atoms. The van der Waals surface area contributed by atoms with Crippen LogP contribution >= 0.6 is 0 Å². The molecule has 114 valence electrons. The van der Waals surface area contributed by atoms with E-state index in [1.165, 1.54) is 25.7 Å². The average Bonchev–Trinajstić information content (AvgIpc) is 2.54. The minimum absolute atomic E-state index is 0.0710. The van der Waals surface area contributed by atoms with Crippen LogP contribution in [0.5, 0.6) is 0 Å². The van der Waals surface area contributed by atoms with Gasteiger partial charge in [0.2, 0.25) is 0 Å². The van der Waals surface area contributed by atoms with Gasteiger partial charge in [-0.05, 0) is 32.1 Å². The number of hydrogen-bond donors (Lipinski definition) is 1. The molecule has 0 fully saturated rings. The first-order valence-electron chi connectivity index (χ1n) is 11.3. The van der Waals surface area contributed by atoms with Crippen LogP contribution in [0.1, 0.15) is 106 Å². The molecule has 0 saturated heterocycles. The van der Waals surface area contributed by atoms with Gasteiger partial charge in [-0.3, -0.25) is 0 Å². The van der Waals surface area contributed by atoms with Gasteiger partial charge >= 0.3 is 0 Å². The number of rotatable bonds is 15. The first-order chi connectivity index (χ1) is 12.1. The Morgan fingerprint density at radius 3 is 1.89 bits per heavy atom. The summed E-state index contributed by atoms with van der Waals surface area (Å²) in [5.74, 6) is 0. The van der Waals surface area contributed by atoms with Crippen LogP contribution in [0.15, 0.2) is 12.2 Å². The van der Waals surface area contributed by atoms with Crippen molar-refractivity contribution in [2.24, 2.45) is 0 Å². The van der Waals surface area contributed by atoms with Gasteiger partial charge < -0.3 is 5.11 Å². The van der Waals surface area contributed by atoms with Crippen LogP contribution < -0.4 is 0 Å². The quantitative estimate of drug-likeness (QED) is 0.286. The lowest BCUT2D eigenvalue weighted by molar-refractivity contribution is 0.282. The number of aliphatic hydroxyl groups is 1. The van der Waals surface area contributed by atoms with Crippen LogP contribution in [0.2, 0.25) is 0 Å². The van der Waals surface area contributed by atoms with E-state index in [9.17, 15) is 0 Å². The Bertz CT molecular complexity index is 378. The van der Waals surface area contributed by atoms with Crippen LogP contribution in [0.3, 0.4) is 0 Å². The Kier molecular flexibility index (Phi) is 8.95. The zero-order valence-electron chi connectivity index (χ0n) is 19.3. The molecule has 0 unspecified atom stereocenters. The highest BCUT2D eigenvalue weighted by Gasteiger charge is 1.90. The molecule has 19 heavy (non-hydrogen) atoms. The van der Waals surface area contributed by atoms with Crippen LogP contribution in [0.25, 0.3) is 0 Å². The number of allylic oxidation sites excluding steroid dienone is 2. The average molecular weight is 276 g/mol. The summed E-state index contributed by atoms with van der Waals surface area (Å²) >= 11 is 0. The summed E-state index contributed by atoms with van der Waals surface area (Å²) in [5.41, 5.74) is 0. The van der Waals surface area contributed by atoms with Gasteiger partial charge in [-0.25, -0.2) is 0 Å². The number of hydrogen-bond acceptors (Lipinski definition) is 1. The molecule has 0 saturated carbocycles. The molecule has 1 heteroatoms. The normalized spacial score (nSPS) is 19.1. The summed E-state index contributed by atoms with van der Waals surface area (Å²) in [7, 11) is 0. The van der Waals surface area contributed by atoms with E-state index < -0.39 is 19.6 Å². The molecule has 0 aromatic rings. The van der Waals surface area contributed by atoms with Crippen molar-refractivity contribution in [3.63, 3.8) is 0 Å². The third kappa shape index (κ3) is 17.7. The molecule has 0 aliphatic carbocycles. The monoisotopic (exact) mass is 275 g/mol. The third-order valence-electron chi connectivity index (χ3n) is 3.21. The van der Waals surface area contributed by atoms with Crippen molar-refractivity contribution in [2.45, 2.75) is 96.6 Å². The van der Waals surface area contributed by atoms with Crippen LogP contribution in [0.4, 0.5) is 0 Å². The fraction of sp³-hybridized carbons (Fsp3) is 0.889. The van der Waals surface area contributed by atoms with Gasteiger partial charge in [-0.15, -0.1) is 0 Å². The summed E-state index contributed by atoms with van der Waals surface area (Å²) in [6.45, 7) is -2.65. The molecule has 0 atom stereocenters. The summed E-state index contributed by atoms with van der Waals surface area (Å²) in [4.78, 5) is 0. The molecular formula is C18H36O. The molecule has 0 aliphatic rings. The lowest BCUT2D eigenvalue weighted by atomic mass is 10.1. The topological polar surface area (TPSA) is 20.2 Å². The lowest BCUT2D eigenvalue weighted by Crippen LogP contribution is -1.83. The van der Waals surface area contributed by atoms with Crippen molar-refractivity contribution in [1.82, 2.24) is 0 Å². The van der Waals surface area contributed by atoms with E-state index in [4.69, 9.17) is 14.7 Å². The van der Waals surface area contributed by atoms with Crippen molar-refractivity contribution in [2.75, 3.05) is 6.61 Å². The van der Waals surface area contributed by atoms with Crippen molar-refractivity contribution in [1.29, 1.82) is 0 Å². The second-order valence-corrected chi connectivity index (χ2v) is 5.01. The van der Waals surface area contributed by atoms with Crippen LogP contribution in [0, 0.1) is 0 Å². The Hall–Kier alpha value is -0.300. The molecule has 0 amide bonds. The Morgan fingerprint density at radius 1 is 0.789 bits per heavy atom. The Balaban J connectivity index is 3.69. The molecule has 0 aliphatic heterocycles. The van der Waals surface area contributed by atoms with Gasteiger partial charge in [0.15, 0.2) is 0 Å². The molecule has 1 nitrogen and oxygen atoms in total. The van der Waals surface area contributed by atoms with Gasteiger partial charge in [0.05, 0.1) is 0 Å². The molecular weight excluding hydrogens is 232 g/mol. The SMILES string of the molecule is [2H]C([2H])([2H])C([2H])([2H])C([2H])([2H])CCCCC/C=C\CCCCCCCCO. The third-order valence-corrected chi connectivity index (χ3v) is 3.21. The summed E-state index contributed by atoms with van der Waals surface area (Å²) < 4.78 is 52.1. The van der Waals surface area contributed by atoms with E-state index in [-0.39, 0.29) is 6.42 Å². The molecule has 0 rings (SSSR count). The summed E-state index contributed by atoms with van der Waals surface area (Å²) in [5, 5.41) is 8.68. The highest BCUT2D eigenvalue weighted by molar-refractivity contribution is 4.81. The molecule has 0 aromatic carbocycles. The van der Waals surface area contributed by atoms with E-state index in [0.717, 1.165) is 38.5 Å². The minimum Gasteiger partial charge on any atom is -0.396 e. The standard InChI is InChI=1S/C18H36O/c1-2-3-4-5-6-7-8-9-10-11-12-13-14-15-16-17-18-19/h9-10,19H,2-8,11-18H2,1H3/b10-9-/i1D3,2D2,3D2. The van der Waals surface area contributed by atoms with Gasteiger partial charge in [-0.2, -0.15) is 0 Å². The maximum Gasteiger partial charge on any atom is 0.0431 e. The van der Waals surface area contributed by atoms with Gasteiger partial charge in [0, 0.05) is 16.2 Å². The van der Waals surface area contributed by atoms with Gasteiger partial charge in [0.25, 0.3) is 0 Å². The van der Waals surface area contributed by atoms with Crippen LogP contribution in [-0.4, -0.2) is 11.7 Å². The highest BCUT2D eigenvalue weighted by Crippen LogP contribution is 2.09. The van der Waals surface area contributed by atoms with Crippen molar-refractivity contribution < 1.29 is 14.7 Å². The van der Waals surface area contributed by atoms with Crippen molar-refractivity contribution in [3.05, 3.63) is 12.2 Å². The van der Waals surface area contributed by atoms with Crippen molar-refractivity contribution >= 4 is 0 Å². The highest BCUT2D eigenvalue weighted by atomic mass is 16.2. The molecule has 0 aromatic heterocycles. The maximum atomic E-state index is 8.68. The molecule has 0 heterocycles. The van der Waals surface area contributed by atoms with Gasteiger partial charge in [-0.1, -0.05) is 76.7 Å². The lowest BCUT2D eigenvalue weighted by Gasteiger charge is -1.99. The smallest absolute Gasteiger partial charge is 0.0431 e. The Morgan fingerprint density at radius 2 is 1.32 bits per heavy atom. The fourth-order valence-electron chi connectivity index (χ4n) is 2.03. The predicted molar refractivity (Wildman–Crippen MR) is 86.5 cm³/mol. The largest absolute Gasteiger partial charge is 0.396 e. The predicted octanol–water partition coefficient (Wildman–Crippen LogP) is 6.02. The molecule has 0 radical (unpaired) electrons. The van der Waals surface area contributed by atoms with E-state index in [1.54, 1.807) is 0 Å². The van der Waals surface area contributed by atoms with Crippen LogP contribution in [-0.2, 0) is 0 Å².